The van der Waals surface area contributed by atoms with Gasteiger partial charge in [-0.1, -0.05) is 123 Å². The van der Waals surface area contributed by atoms with Gasteiger partial charge in [-0.05, 0) is 12.8 Å². The lowest BCUT2D eigenvalue weighted by molar-refractivity contribution is 0.276. The van der Waals surface area contributed by atoms with Crippen LogP contribution in [0.3, 0.4) is 0 Å². The van der Waals surface area contributed by atoms with Crippen molar-refractivity contribution >= 4 is 0 Å². The van der Waals surface area contributed by atoms with Crippen molar-refractivity contribution in [2.24, 2.45) is 5.84 Å². The summed E-state index contributed by atoms with van der Waals surface area (Å²) >= 11 is 0. The molecule has 0 aliphatic carbocycles. The Morgan fingerprint density at radius 1 is 0.400 bits per heavy atom. The maximum atomic E-state index is 5.89. The fraction of sp³-hybridized carbons (Fsp3) is 1.00. The minimum absolute atomic E-state index is 1.04. The van der Waals surface area contributed by atoms with Crippen molar-refractivity contribution in [3.63, 3.8) is 0 Å². The van der Waals surface area contributed by atoms with Crippen molar-refractivity contribution < 1.29 is 0 Å². The molecule has 0 saturated carbocycles. The Morgan fingerprint density at radius 2 is 0.720 bits per heavy atom. The zero-order valence-corrected chi connectivity index (χ0v) is 17.9. The molecule has 0 bridgehead atoms. The minimum Gasteiger partial charge on any atom is -0.269 e. The van der Waals surface area contributed by atoms with Gasteiger partial charge in [0.15, 0.2) is 0 Å². The summed E-state index contributed by atoms with van der Waals surface area (Å²) in [5, 5.41) is 1.98. The van der Waals surface area contributed by atoms with Crippen LogP contribution >= 0.6 is 0 Å². The normalized spacial score (nSPS) is 11.5. The predicted molar refractivity (Wildman–Crippen MR) is 115 cm³/mol. The second-order valence-electron chi connectivity index (χ2n) is 8.05. The van der Waals surface area contributed by atoms with Gasteiger partial charge in [-0.2, -0.15) is 0 Å². The third-order valence-corrected chi connectivity index (χ3v) is 5.31. The van der Waals surface area contributed by atoms with Crippen LogP contribution in [0.5, 0.6) is 0 Å². The first kappa shape index (κ1) is 24.9. The molecular formula is C23H50N2. The third kappa shape index (κ3) is 21.9. The number of unbranched alkanes of at least 4 members (excludes halogenated alkanes) is 17. The molecule has 2 N–H and O–H groups in total. The number of nitrogens with two attached hydrogens (primary N) is 1. The molecule has 0 aromatic rings. The van der Waals surface area contributed by atoms with Crippen LogP contribution in [-0.2, 0) is 0 Å². The Labute approximate surface area is 160 Å². The van der Waals surface area contributed by atoms with Crippen LogP contribution in [0.4, 0.5) is 0 Å². The SMILES string of the molecule is CCCCCCCCCCCCCCCCCCCCN(N)CCC. The molecule has 0 fully saturated rings. The molecule has 0 spiro atoms. The Bertz CT molecular complexity index is 230. The standard InChI is InChI=1S/C23H50N2/c1-3-5-6-7-8-9-10-11-12-13-14-15-16-17-18-19-20-21-23-25(24)22-4-2/h3-24H2,1-2H3. The van der Waals surface area contributed by atoms with Gasteiger partial charge in [0, 0.05) is 13.1 Å². The molecule has 0 amide bonds. The van der Waals surface area contributed by atoms with Crippen LogP contribution < -0.4 is 5.84 Å². The summed E-state index contributed by atoms with van der Waals surface area (Å²) in [4.78, 5) is 0. The number of nitrogens with zero attached hydrogens (tertiary/aromatic N) is 1. The molecule has 152 valence electrons. The highest BCUT2D eigenvalue weighted by molar-refractivity contribution is 4.52. The molecule has 25 heavy (non-hydrogen) atoms. The largest absolute Gasteiger partial charge is 0.269 e. The Morgan fingerprint density at radius 3 is 1.04 bits per heavy atom. The average Bonchev–Trinajstić information content (AvgIpc) is 2.61. The van der Waals surface area contributed by atoms with Crippen molar-refractivity contribution in [1.82, 2.24) is 5.01 Å². The third-order valence-electron chi connectivity index (χ3n) is 5.31. The lowest BCUT2D eigenvalue weighted by Crippen LogP contribution is -2.32. The fourth-order valence-corrected chi connectivity index (χ4v) is 3.62. The summed E-state index contributed by atoms with van der Waals surface area (Å²) in [6.45, 7) is 6.60. The van der Waals surface area contributed by atoms with E-state index in [0.717, 1.165) is 19.5 Å². The molecular weight excluding hydrogens is 304 g/mol. The zero-order valence-electron chi connectivity index (χ0n) is 17.9. The summed E-state index contributed by atoms with van der Waals surface area (Å²) in [6.07, 6.45) is 27.0. The molecule has 0 atom stereocenters. The van der Waals surface area contributed by atoms with Gasteiger partial charge in [0.1, 0.15) is 0 Å². The Kier molecular flexibility index (Phi) is 21.9. The molecule has 0 aliphatic rings. The quantitative estimate of drug-likeness (QED) is 0.130. The van der Waals surface area contributed by atoms with Crippen LogP contribution in [-0.4, -0.2) is 18.1 Å². The highest BCUT2D eigenvalue weighted by Crippen LogP contribution is 2.14. The van der Waals surface area contributed by atoms with Crippen LogP contribution in [0, 0.1) is 0 Å². The van der Waals surface area contributed by atoms with Crippen molar-refractivity contribution in [2.45, 2.75) is 136 Å². The monoisotopic (exact) mass is 354 g/mol. The first-order chi connectivity index (χ1) is 12.3. The predicted octanol–water partition coefficient (Wildman–Crippen LogP) is 7.61. The molecule has 0 aliphatic heterocycles. The van der Waals surface area contributed by atoms with Gasteiger partial charge < -0.3 is 0 Å². The van der Waals surface area contributed by atoms with Crippen LogP contribution in [0.25, 0.3) is 0 Å². The maximum absolute atomic E-state index is 5.89. The molecule has 0 saturated heterocycles. The van der Waals surface area contributed by atoms with E-state index in [1.54, 1.807) is 0 Å². The molecule has 0 radical (unpaired) electrons. The molecule has 0 aromatic heterocycles. The van der Waals surface area contributed by atoms with E-state index in [2.05, 4.69) is 13.8 Å². The molecule has 2 nitrogen and oxygen atoms in total. The second-order valence-corrected chi connectivity index (χ2v) is 8.05. The number of hydrazine groups is 1. The summed E-state index contributed by atoms with van der Waals surface area (Å²) in [6, 6.07) is 0. The average molecular weight is 355 g/mol. The smallest absolute Gasteiger partial charge is 0.0128 e. The van der Waals surface area contributed by atoms with Crippen molar-refractivity contribution in [3.8, 4) is 0 Å². The molecule has 2 heteroatoms. The van der Waals surface area contributed by atoms with E-state index < -0.39 is 0 Å². The van der Waals surface area contributed by atoms with Gasteiger partial charge in [0.05, 0.1) is 0 Å². The van der Waals surface area contributed by atoms with E-state index in [1.165, 1.54) is 116 Å². The summed E-state index contributed by atoms with van der Waals surface area (Å²) in [5.74, 6) is 5.89. The molecule has 0 unspecified atom stereocenters. The van der Waals surface area contributed by atoms with E-state index in [0.29, 0.717) is 0 Å². The van der Waals surface area contributed by atoms with Crippen LogP contribution in [0.1, 0.15) is 136 Å². The van der Waals surface area contributed by atoms with Crippen molar-refractivity contribution in [3.05, 3.63) is 0 Å². The summed E-state index contributed by atoms with van der Waals surface area (Å²) in [5.41, 5.74) is 0. The lowest BCUT2D eigenvalue weighted by atomic mass is 10.0. The maximum Gasteiger partial charge on any atom is 0.0128 e. The highest BCUT2D eigenvalue weighted by Gasteiger charge is 1.97. The van der Waals surface area contributed by atoms with Crippen molar-refractivity contribution in [1.29, 1.82) is 0 Å². The minimum atomic E-state index is 1.04. The Balaban J connectivity index is 3.00. The summed E-state index contributed by atoms with van der Waals surface area (Å²) in [7, 11) is 0. The first-order valence-electron chi connectivity index (χ1n) is 11.8. The lowest BCUT2D eigenvalue weighted by Gasteiger charge is -2.14. The topological polar surface area (TPSA) is 29.3 Å². The molecule has 0 rings (SSSR count). The van der Waals surface area contributed by atoms with E-state index in [-0.39, 0.29) is 0 Å². The number of hydrogen-bond donors (Lipinski definition) is 1. The number of rotatable bonds is 21. The van der Waals surface area contributed by atoms with E-state index >= 15 is 0 Å². The van der Waals surface area contributed by atoms with Crippen LogP contribution in [0.2, 0.25) is 0 Å². The van der Waals surface area contributed by atoms with E-state index in [4.69, 9.17) is 5.84 Å². The van der Waals surface area contributed by atoms with Gasteiger partial charge in [0.25, 0.3) is 0 Å². The van der Waals surface area contributed by atoms with Gasteiger partial charge in [-0.25, -0.2) is 5.01 Å². The van der Waals surface area contributed by atoms with Crippen LogP contribution in [0.15, 0.2) is 0 Å². The zero-order chi connectivity index (χ0) is 18.4. The highest BCUT2D eigenvalue weighted by atomic mass is 15.4. The molecule has 0 aromatic carbocycles. The van der Waals surface area contributed by atoms with Crippen molar-refractivity contribution in [2.75, 3.05) is 13.1 Å². The molecule has 0 heterocycles. The Hall–Kier alpha value is -0.0800. The second kappa shape index (κ2) is 22.0. The van der Waals surface area contributed by atoms with E-state index in [1.807, 2.05) is 5.01 Å². The first-order valence-corrected chi connectivity index (χ1v) is 11.8. The van der Waals surface area contributed by atoms with Gasteiger partial charge in [0.2, 0.25) is 0 Å². The van der Waals surface area contributed by atoms with Gasteiger partial charge in [-0.15, -0.1) is 0 Å². The fourth-order valence-electron chi connectivity index (χ4n) is 3.62. The van der Waals surface area contributed by atoms with Gasteiger partial charge >= 0.3 is 0 Å². The summed E-state index contributed by atoms with van der Waals surface area (Å²) < 4.78 is 0. The van der Waals surface area contributed by atoms with E-state index in [9.17, 15) is 0 Å². The van der Waals surface area contributed by atoms with Gasteiger partial charge in [-0.3, -0.25) is 5.84 Å². The number of hydrogen-bond acceptors (Lipinski definition) is 2.